The Bertz CT molecular complexity index is 363. The van der Waals surface area contributed by atoms with Gasteiger partial charge < -0.3 is 15.5 Å². The molecule has 7 nitrogen and oxygen atoms in total. The molecule has 0 aromatic heterocycles. The van der Waals surface area contributed by atoms with Crippen molar-refractivity contribution in [2.24, 2.45) is 0 Å². The normalized spacial score (nSPS) is 15.2. The maximum Gasteiger partial charge on any atom is 0.332 e. The van der Waals surface area contributed by atoms with Gasteiger partial charge in [0.15, 0.2) is 15.9 Å². The third kappa shape index (κ3) is 5.08. The number of aliphatic carboxylic acids is 1. The van der Waals surface area contributed by atoms with Crippen LogP contribution in [0.15, 0.2) is 0 Å². The molecule has 0 aliphatic heterocycles. The second-order valence-electron chi connectivity index (χ2n) is 3.41. The molecular weight excluding hydrogens is 238 g/mol. The molecule has 0 saturated carbocycles. The van der Waals surface area contributed by atoms with Gasteiger partial charge in [-0.15, -0.1) is 0 Å². The number of carboxylic acid groups (broad SMARTS) is 1. The molecule has 0 aromatic rings. The Morgan fingerprint density at radius 2 is 1.88 bits per heavy atom. The minimum Gasteiger partial charge on any atom is -0.479 e. The maximum atomic E-state index is 11.2. The first-order chi connectivity index (χ1) is 7.16. The standard InChI is InChI=1S/C8H15NO6S/c1-5(16(2,14)15)7(11)9-4-3-6(10)8(12)13/h5-6,10H,3-4H2,1-2H3,(H,9,11)(H,12,13)/t5?,6-/m0/s1. The molecule has 0 saturated heterocycles. The average molecular weight is 253 g/mol. The topological polar surface area (TPSA) is 121 Å². The molecule has 0 radical (unpaired) electrons. The van der Waals surface area contributed by atoms with Crippen molar-refractivity contribution in [2.45, 2.75) is 24.7 Å². The molecule has 1 amide bonds. The molecule has 0 fully saturated rings. The van der Waals surface area contributed by atoms with E-state index in [0.717, 1.165) is 6.26 Å². The highest BCUT2D eigenvalue weighted by molar-refractivity contribution is 7.92. The number of aliphatic hydroxyl groups excluding tert-OH is 1. The van der Waals surface area contributed by atoms with Gasteiger partial charge in [-0.25, -0.2) is 13.2 Å². The summed E-state index contributed by atoms with van der Waals surface area (Å²) in [5, 5.41) is 18.2. The summed E-state index contributed by atoms with van der Waals surface area (Å²) in [4.78, 5) is 21.4. The highest BCUT2D eigenvalue weighted by Crippen LogP contribution is 1.98. The summed E-state index contributed by atoms with van der Waals surface area (Å²) in [6, 6.07) is 0. The number of amides is 1. The summed E-state index contributed by atoms with van der Waals surface area (Å²) in [5.41, 5.74) is 0. The van der Waals surface area contributed by atoms with Crippen LogP contribution in [0.1, 0.15) is 13.3 Å². The van der Waals surface area contributed by atoms with Gasteiger partial charge in [0.1, 0.15) is 5.25 Å². The van der Waals surface area contributed by atoms with Crippen molar-refractivity contribution in [3.05, 3.63) is 0 Å². The molecule has 94 valence electrons. The maximum absolute atomic E-state index is 11.2. The van der Waals surface area contributed by atoms with Crippen molar-refractivity contribution >= 4 is 21.7 Å². The molecule has 0 bridgehead atoms. The fourth-order valence-corrected chi connectivity index (χ4v) is 1.27. The third-order valence-corrected chi connectivity index (χ3v) is 3.51. The van der Waals surface area contributed by atoms with Gasteiger partial charge in [-0.1, -0.05) is 0 Å². The van der Waals surface area contributed by atoms with Crippen LogP contribution < -0.4 is 5.32 Å². The van der Waals surface area contributed by atoms with Crippen LogP contribution >= 0.6 is 0 Å². The third-order valence-electron chi connectivity index (χ3n) is 2.01. The van der Waals surface area contributed by atoms with Crippen molar-refractivity contribution in [1.82, 2.24) is 5.32 Å². The second kappa shape index (κ2) is 5.80. The second-order valence-corrected chi connectivity index (χ2v) is 5.77. The predicted molar refractivity (Wildman–Crippen MR) is 55.6 cm³/mol. The Morgan fingerprint density at radius 3 is 2.25 bits per heavy atom. The van der Waals surface area contributed by atoms with Gasteiger partial charge in [0.2, 0.25) is 5.91 Å². The minimum absolute atomic E-state index is 0.0911. The summed E-state index contributed by atoms with van der Waals surface area (Å²) in [7, 11) is -3.46. The number of carboxylic acids is 1. The summed E-state index contributed by atoms with van der Waals surface area (Å²) in [6.07, 6.45) is -0.796. The van der Waals surface area contributed by atoms with E-state index in [0.29, 0.717) is 0 Å². The monoisotopic (exact) mass is 253 g/mol. The lowest BCUT2D eigenvalue weighted by atomic mass is 10.2. The quantitative estimate of drug-likeness (QED) is 0.522. The van der Waals surface area contributed by atoms with Crippen molar-refractivity contribution in [1.29, 1.82) is 0 Å². The zero-order chi connectivity index (χ0) is 12.9. The van der Waals surface area contributed by atoms with E-state index in [4.69, 9.17) is 10.2 Å². The van der Waals surface area contributed by atoms with Crippen LogP contribution in [0.4, 0.5) is 0 Å². The number of hydrogen-bond donors (Lipinski definition) is 3. The zero-order valence-electron chi connectivity index (χ0n) is 9.00. The summed E-state index contributed by atoms with van der Waals surface area (Å²) < 4.78 is 21.9. The van der Waals surface area contributed by atoms with E-state index < -0.39 is 33.1 Å². The lowest BCUT2D eigenvalue weighted by molar-refractivity contribution is -0.147. The van der Waals surface area contributed by atoms with Crippen LogP contribution in [0.2, 0.25) is 0 Å². The Morgan fingerprint density at radius 1 is 1.38 bits per heavy atom. The molecule has 0 spiro atoms. The molecule has 0 rings (SSSR count). The van der Waals surface area contributed by atoms with Crippen LogP contribution in [-0.4, -0.2) is 54.7 Å². The lowest BCUT2D eigenvalue weighted by Gasteiger charge is -2.11. The minimum atomic E-state index is -3.46. The van der Waals surface area contributed by atoms with Gasteiger partial charge >= 0.3 is 5.97 Å². The van der Waals surface area contributed by atoms with E-state index >= 15 is 0 Å². The summed E-state index contributed by atoms with van der Waals surface area (Å²) >= 11 is 0. The number of hydrogen-bond acceptors (Lipinski definition) is 5. The Balaban J connectivity index is 4.06. The van der Waals surface area contributed by atoms with Crippen LogP contribution in [0.3, 0.4) is 0 Å². The number of carbonyl (C=O) groups is 2. The zero-order valence-corrected chi connectivity index (χ0v) is 9.82. The molecule has 0 aliphatic carbocycles. The van der Waals surface area contributed by atoms with Crippen LogP contribution in [0.25, 0.3) is 0 Å². The Hall–Kier alpha value is -1.15. The number of nitrogens with one attached hydrogen (secondary N) is 1. The molecular formula is C8H15NO6S. The van der Waals surface area contributed by atoms with Crippen LogP contribution in [0.5, 0.6) is 0 Å². The van der Waals surface area contributed by atoms with E-state index in [1.807, 2.05) is 0 Å². The van der Waals surface area contributed by atoms with Gasteiger partial charge in [0, 0.05) is 19.2 Å². The molecule has 0 heterocycles. The van der Waals surface area contributed by atoms with Gasteiger partial charge in [-0.3, -0.25) is 4.79 Å². The molecule has 0 aliphatic rings. The van der Waals surface area contributed by atoms with Gasteiger partial charge in [-0.2, -0.15) is 0 Å². The van der Waals surface area contributed by atoms with E-state index in [2.05, 4.69) is 5.32 Å². The first-order valence-electron chi connectivity index (χ1n) is 4.53. The van der Waals surface area contributed by atoms with Gasteiger partial charge in [0.25, 0.3) is 0 Å². The summed E-state index contributed by atoms with van der Waals surface area (Å²) in [6.45, 7) is 1.14. The Labute approximate surface area is 93.4 Å². The molecule has 2 atom stereocenters. The van der Waals surface area contributed by atoms with E-state index in [9.17, 15) is 18.0 Å². The van der Waals surface area contributed by atoms with Crippen molar-refractivity contribution in [2.75, 3.05) is 12.8 Å². The van der Waals surface area contributed by atoms with E-state index in [1.165, 1.54) is 6.92 Å². The summed E-state index contributed by atoms with van der Waals surface area (Å²) in [5.74, 6) is -2.09. The molecule has 8 heteroatoms. The first kappa shape index (κ1) is 14.8. The average Bonchev–Trinajstić information content (AvgIpc) is 2.14. The van der Waals surface area contributed by atoms with Gasteiger partial charge in [0.05, 0.1) is 0 Å². The number of carbonyl (C=O) groups excluding carboxylic acids is 1. The van der Waals surface area contributed by atoms with Crippen molar-refractivity contribution in [3.63, 3.8) is 0 Å². The SMILES string of the molecule is CC(C(=O)NCC[C@H](O)C(=O)O)S(C)(=O)=O. The number of aliphatic hydroxyl groups is 1. The van der Waals surface area contributed by atoms with Crippen molar-refractivity contribution < 1.29 is 28.2 Å². The lowest BCUT2D eigenvalue weighted by Crippen LogP contribution is -2.39. The molecule has 16 heavy (non-hydrogen) atoms. The number of sulfone groups is 1. The predicted octanol–water partition coefficient (Wildman–Crippen LogP) is -1.63. The highest BCUT2D eigenvalue weighted by Gasteiger charge is 2.23. The van der Waals surface area contributed by atoms with Gasteiger partial charge in [-0.05, 0) is 6.92 Å². The fourth-order valence-electron chi connectivity index (χ4n) is 0.794. The van der Waals surface area contributed by atoms with E-state index in [-0.39, 0.29) is 13.0 Å². The van der Waals surface area contributed by atoms with Crippen molar-refractivity contribution in [3.8, 4) is 0 Å². The van der Waals surface area contributed by atoms with Crippen LogP contribution in [-0.2, 0) is 19.4 Å². The first-order valence-corrected chi connectivity index (χ1v) is 6.49. The fraction of sp³-hybridized carbons (Fsp3) is 0.750. The smallest absolute Gasteiger partial charge is 0.332 e. The molecule has 0 aromatic carbocycles. The largest absolute Gasteiger partial charge is 0.479 e. The Kier molecular flexibility index (Phi) is 5.39. The highest BCUT2D eigenvalue weighted by atomic mass is 32.2. The number of rotatable bonds is 6. The molecule has 3 N–H and O–H groups in total. The molecule has 1 unspecified atom stereocenters. The van der Waals surface area contributed by atoms with Crippen LogP contribution in [0, 0.1) is 0 Å². The van der Waals surface area contributed by atoms with E-state index in [1.54, 1.807) is 0 Å².